The molecule has 0 saturated carbocycles. The van der Waals surface area contributed by atoms with Crippen molar-refractivity contribution in [1.82, 2.24) is 9.47 Å². The third-order valence-corrected chi connectivity index (χ3v) is 2.89. The molecule has 0 amide bonds. The molecule has 2 aromatic rings. The summed E-state index contributed by atoms with van der Waals surface area (Å²) in [6.45, 7) is 0.796. The normalized spacial score (nSPS) is 11.3. The molecule has 4 heteroatoms. The molecule has 0 aliphatic heterocycles. The van der Waals surface area contributed by atoms with Crippen molar-refractivity contribution >= 4 is 16.9 Å². The number of fused-ring (bicyclic) bond motifs is 1. The van der Waals surface area contributed by atoms with E-state index in [9.17, 15) is 4.79 Å². The predicted molar refractivity (Wildman–Crippen MR) is 67.3 cm³/mol. The van der Waals surface area contributed by atoms with Gasteiger partial charge in [0.1, 0.15) is 0 Å². The Labute approximate surface area is 100 Å². The summed E-state index contributed by atoms with van der Waals surface area (Å²) >= 11 is 0. The number of rotatable bonds is 3. The number of hydrogen-bond acceptors (Lipinski definition) is 2. The number of carboxylic acids is 1. The minimum Gasteiger partial charge on any atom is -0.478 e. The van der Waals surface area contributed by atoms with E-state index in [4.69, 9.17) is 5.11 Å². The zero-order valence-corrected chi connectivity index (χ0v) is 10.3. The Hall–Kier alpha value is -1.81. The summed E-state index contributed by atoms with van der Waals surface area (Å²) in [4.78, 5) is 13.2. The van der Waals surface area contributed by atoms with Gasteiger partial charge in [-0.25, -0.2) is 4.79 Å². The van der Waals surface area contributed by atoms with Gasteiger partial charge in [0.2, 0.25) is 0 Å². The fraction of sp³-hybridized carbons (Fsp3) is 0.308. The van der Waals surface area contributed by atoms with E-state index >= 15 is 0 Å². The van der Waals surface area contributed by atoms with E-state index in [1.165, 1.54) is 0 Å². The van der Waals surface area contributed by atoms with Gasteiger partial charge in [0.05, 0.1) is 5.56 Å². The molecule has 0 spiro atoms. The largest absolute Gasteiger partial charge is 0.478 e. The molecule has 1 aromatic carbocycles. The van der Waals surface area contributed by atoms with Crippen LogP contribution in [-0.2, 0) is 13.6 Å². The van der Waals surface area contributed by atoms with Gasteiger partial charge in [0.15, 0.2) is 0 Å². The maximum atomic E-state index is 11.1. The summed E-state index contributed by atoms with van der Waals surface area (Å²) in [5.74, 6) is -0.877. The Balaban J connectivity index is 2.64. The lowest BCUT2D eigenvalue weighted by atomic mass is 10.1. The van der Waals surface area contributed by atoms with Gasteiger partial charge in [0, 0.05) is 30.2 Å². The predicted octanol–water partition coefficient (Wildman–Crippen LogP) is 1.94. The maximum Gasteiger partial charge on any atom is 0.336 e. The second-order valence-corrected chi connectivity index (χ2v) is 4.48. The number of aromatic carboxylic acids is 1. The van der Waals surface area contributed by atoms with Crippen molar-refractivity contribution in [2.24, 2.45) is 7.05 Å². The topological polar surface area (TPSA) is 45.5 Å². The van der Waals surface area contributed by atoms with E-state index in [2.05, 4.69) is 4.90 Å². The van der Waals surface area contributed by atoms with E-state index in [1.807, 2.05) is 37.8 Å². The van der Waals surface area contributed by atoms with Gasteiger partial charge in [-0.3, -0.25) is 0 Å². The van der Waals surface area contributed by atoms with Crippen LogP contribution in [0.4, 0.5) is 0 Å². The second kappa shape index (κ2) is 4.22. The highest BCUT2D eigenvalue weighted by Crippen LogP contribution is 2.23. The molecule has 0 saturated heterocycles. The van der Waals surface area contributed by atoms with Gasteiger partial charge in [-0.1, -0.05) is 6.07 Å². The fourth-order valence-corrected chi connectivity index (χ4v) is 2.08. The Morgan fingerprint density at radius 3 is 2.71 bits per heavy atom. The average Bonchev–Trinajstić information content (AvgIpc) is 2.55. The zero-order valence-electron chi connectivity index (χ0n) is 10.3. The van der Waals surface area contributed by atoms with Gasteiger partial charge in [-0.2, -0.15) is 0 Å². The third-order valence-electron chi connectivity index (χ3n) is 2.89. The second-order valence-electron chi connectivity index (χ2n) is 4.48. The van der Waals surface area contributed by atoms with E-state index in [1.54, 1.807) is 12.1 Å². The van der Waals surface area contributed by atoms with Gasteiger partial charge in [0.25, 0.3) is 0 Å². The summed E-state index contributed by atoms with van der Waals surface area (Å²) in [7, 11) is 5.96. The minimum absolute atomic E-state index is 0.364. The van der Waals surface area contributed by atoms with Crippen LogP contribution in [0.15, 0.2) is 24.3 Å². The SMILES string of the molecule is CN(C)Cc1cc2c(C(=O)O)cccc2n1C. The lowest BCUT2D eigenvalue weighted by molar-refractivity contribution is 0.0699. The van der Waals surface area contributed by atoms with Crippen LogP contribution >= 0.6 is 0 Å². The van der Waals surface area contributed by atoms with Crippen LogP contribution in [0.5, 0.6) is 0 Å². The van der Waals surface area contributed by atoms with Crippen LogP contribution in [0.3, 0.4) is 0 Å². The number of carbonyl (C=O) groups is 1. The van der Waals surface area contributed by atoms with E-state index in [0.29, 0.717) is 5.56 Å². The number of aromatic nitrogens is 1. The van der Waals surface area contributed by atoms with Crippen molar-refractivity contribution in [3.8, 4) is 0 Å². The first-order valence-electron chi connectivity index (χ1n) is 5.46. The van der Waals surface area contributed by atoms with Crippen molar-refractivity contribution in [3.05, 3.63) is 35.5 Å². The molecule has 0 bridgehead atoms. The van der Waals surface area contributed by atoms with Crippen LogP contribution < -0.4 is 0 Å². The maximum absolute atomic E-state index is 11.1. The smallest absolute Gasteiger partial charge is 0.336 e. The monoisotopic (exact) mass is 232 g/mol. The highest BCUT2D eigenvalue weighted by molar-refractivity contribution is 6.03. The molecule has 0 unspecified atom stereocenters. The van der Waals surface area contributed by atoms with Crippen molar-refractivity contribution < 1.29 is 9.90 Å². The molecule has 90 valence electrons. The van der Waals surface area contributed by atoms with Crippen LogP contribution in [0.25, 0.3) is 10.9 Å². The van der Waals surface area contributed by atoms with Crippen LogP contribution in [0.1, 0.15) is 16.1 Å². The first-order valence-corrected chi connectivity index (χ1v) is 5.46. The molecule has 0 atom stereocenters. The molecular formula is C13H16N2O2. The average molecular weight is 232 g/mol. The molecule has 0 aliphatic rings. The Morgan fingerprint density at radius 2 is 2.12 bits per heavy atom. The van der Waals surface area contributed by atoms with Crippen molar-refractivity contribution in [3.63, 3.8) is 0 Å². The Morgan fingerprint density at radius 1 is 1.41 bits per heavy atom. The lowest BCUT2D eigenvalue weighted by Crippen LogP contribution is -2.13. The van der Waals surface area contributed by atoms with Gasteiger partial charge in [-0.05, 0) is 32.3 Å². The summed E-state index contributed by atoms with van der Waals surface area (Å²) in [6.07, 6.45) is 0. The van der Waals surface area contributed by atoms with E-state index in [0.717, 1.165) is 23.1 Å². The summed E-state index contributed by atoms with van der Waals surface area (Å²) < 4.78 is 2.04. The molecule has 4 nitrogen and oxygen atoms in total. The molecule has 2 rings (SSSR count). The van der Waals surface area contributed by atoms with Gasteiger partial charge in [-0.15, -0.1) is 0 Å². The fourth-order valence-electron chi connectivity index (χ4n) is 2.08. The van der Waals surface area contributed by atoms with Gasteiger partial charge < -0.3 is 14.6 Å². The minimum atomic E-state index is -0.877. The molecule has 1 N–H and O–H groups in total. The number of carboxylic acid groups (broad SMARTS) is 1. The summed E-state index contributed by atoms with van der Waals surface area (Å²) in [5.41, 5.74) is 2.43. The van der Waals surface area contributed by atoms with E-state index < -0.39 is 5.97 Å². The van der Waals surface area contributed by atoms with Crippen LogP contribution in [-0.4, -0.2) is 34.6 Å². The highest BCUT2D eigenvalue weighted by atomic mass is 16.4. The van der Waals surface area contributed by atoms with Crippen molar-refractivity contribution in [1.29, 1.82) is 0 Å². The summed E-state index contributed by atoms with van der Waals surface area (Å²) in [5, 5.41) is 9.95. The number of aryl methyl sites for hydroxylation is 1. The molecule has 1 heterocycles. The quantitative estimate of drug-likeness (QED) is 0.879. The molecule has 17 heavy (non-hydrogen) atoms. The number of nitrogens with zero attached hydrogens (tertiary/aromatic N) is 2. The Kier molecular flexibility index (Phi) is 2.90. The lowest BCUT2D eigenvalue weighted by Gasteiger charge is -2.10. The van der Waals surface area contributed by atoms with E-state index in [-0.39, 0.29) is 0 Å². The molecular weight excluding hydrogens is 216 g/mol. The zero-order chi connectivity index (χ0) is 12.6. The molecule has 0 radical (unpaired) electrons. The van der Waals surface area contributed by atoms with Crippen LogP contribution in [0.2, 0.25) is 0 Å². The first-order chi connectivity index (χ1) is 8.00. The first kappa shape index (κ1) is 11.7. The standard InChI is InChI=1S/C13H16N2O2/c1-14(2)8-9-7-11-10(13(16)17)5-4-6-12(11)15(9)3/h4-7H,8H2,1-3H3,(H,16,17). The third kappa shape index (κ3) is 2.03. The molecule has 0 aliphatic carbocycles. The van der Waals surface area contributed by atoms with Crippen molar-refractivity contribution in [2.45, 2.75) is 6.54 Å². The summed E-state index contributed by atoms with van der Waals surface area (Å²) in [6, 6.07) is 7.33. The number of benzene rings is 1. The molecule has 0 fully saturated rings. The number of hydrogen-bond donors (Lipinski definition) is 1. The molecule has 1 aromatic heterocycles. The Bertz CT molecular complexity index is 570. The van der Waals surface area contributed by atoms with Crippen LogP contribution in [0, 0.1) is 0 Å². The van der Waals surface area contributed by atoms with Crippen molar-refractivity contribution in [2.75, 3.05) is 14.1 Å². The van der Waals surface area contributed by atoms with Gasteiger partial charge >= 0.3 is 5.97 Å². The highest BCUT2D eigenvalue weighted by Gasteiger charge is 2.13.